The van der Waals surface area contributed by atoms with Crippen LogP contribution in [-0.2, 0) is 23.1 Å². The van der Waals surface area contributed by atoms with Gasteiger partial charge in [-0.05, 0) is 12.0 Å². The normalized spacial score (nSPS) is 11.0. The Morgan fingerprint density at radius 3 is 2.46 bits per heavy atom. The van der Waals surface area contributed by atoms with Gasteiger partial charge in [0.25, 0.3) is 5.56 Å². The van der Waals surface area contributed by atoms with Crippen molar-refractivity contribution in [3.05, 3.63) is 40.3 Å². The number of carbonyl (C=O) groups is 2. The summed E-state index contributed by atoms with van der Waals surface area (Å²) >= 11 is 0. The molecule has 1 N–H and O–H groups in total. The van der Waals surface area contributed by atoms with Gasteiger partial charge in [0.15, 0.2) is 0 Å². The summed E-state index contributed by atoms with van der Waals surface area (Å²) in [4.78, 5) is 37.0. The molecular formula is C17H21N3O4. The van der Waals surface area contributed by atoms with E-state index >= 15 is 0 Å². The second-order valence-corrected chi connectivity index (χ2v) is 6.16. The van der Waals surface area contributed by atoms with Crippen molar-refractivity contribution in [1.82, 2.24) is 14.7 Å². The van der Waals surface area contributed by atoms with E-state index in [2.05, 4.69) is 5.10 Å². The first kappa shape index (κ1) is 17.7. The van der Waals surface area contributed by atoms with Gasteiger partial charge in [0.05, 0.1) is 17.5 Å². The molecule has 0 spiro atoms. The molecule has 128 valence electrons. The second kappa shape index (κ2) is 7.25. The number of nitrogens with zero attached hydrogens (tertiary/aromatic N) is 3. The van der Waals surface area contributed by atoms with Crippen LogP contribution in [0.3, 0.4) is 0 Å². The third kappa shape index (κ3) is 3.98. The maximum absolute atomic E-state index is 12.6. The number of aliphatic carboxylic acids is 1. The molecule has 0 bridgehead atoms. The summed E-state index contributed by atoms with van der Waals surface area (Å²) in [5.41, 5.74) is 0.239. The maximum atomic E-state index is 12.6. The maximum Gasteiger partial charge on any atom is 0.323 e. The molecule has 1 aromatic heterocycles. The quantitative estimate of drug-likeness (QED) is 0.854. The van der Waals surface area contributed by atoms with Crippen molar-refractivity contribution in [2.45, 2.75) is 20.3 Å². The van der Waals surface area contributed by atoms with Crippen LogP contribution in [0.25, 0.3) is 10.8 Å². The number of hydrogen-bond acceptors (Lipinski definition) is 4. The van der Waals surface area contributed by atoms with E-state index in [0.717, 1.165) is 0 Å². The second-order valence-electron chi connectivity index (χ2n) is 6.16. The van der Waals surface area contributed by atoms with E-state index in [-0.39, 0.29) is 30.3 Å². The predicted octanol–water partition coefficient (Wildman–Crippen LogP) is 1.05. The lowest BCUT2D eigenvalue weighted by molar-refractivity contribution is -0.144. The van der Waals surface area contributed by atoms with Gasteiger partial charge in [-0.3, -0.25) is 14.4 Å². The van der Waals surface area contributed by atoms with E-state index in [1.807, 2.05) is 13.8 Å². The van der Waals surface area contributed by atoms with E-state index in [1.54, 1.807) is 24.3 Å². The third-order valence-electron chi connectivity index (χ3n) is 3.62. The molecule has 0 saturated carbocycles. The molecule has 24 heavy (non-hydrogen) atoms. The zero-order valence-corrected chi connectivity index (χ0v) is 14.0. The number of aromatic nitrogens is 2. The van der Waals surface area contributed by atoms with Gasteiger partial charge in [-0.15, -0.1) is 0 Å². The molecule has 2 rings (SSSR count). The van der Waals surface area contributed by atoms with Gasteiger partial charge < -0.3 is 10.0 Å². The first-order chi connectivity index (χ1) is 11.3. The Labute approximate surface area is 139 Å². The predicted molar refractivity (Wildman–Crippen MR) is 89.7 cm³/mol. The van der Waals surface area contributed by atoms with E-state index in [9.17, 15) is 14.4 Å². The lowest BCUT2D eigenvalue weighted by atomic mass is 10.1. The van der Waals surface area contributed by atoms with E-state index in [4.69, 9.17) is 5.11 Å². The molecule has 1 amide bonds. The number of carboxylic acid groups (broad SMARTS) is 1. The highest BCUT2D eigenvalue weighted by Crippen LogP contribution is 2.14. The summed E-state index contributed by atoms with van der Waals surface area (Å²) in [6, 6.07) is 6.97. The Hall–Kier alpha value is -2.70. The minimum atomic E-state index is -1.05. The van der Waals surface area contributed by atoms with Crippen LogP contribution < -0.4 is 5.56 Å². The Balaban J connectivity index is 2.37. The number of carboxylic acids is 1. The Morgan fingerprint density at radius 2 is 1.88 bits per heavy atom. The Bertz CT molecular complexity index is 826. The molecule has 7 nitrogen and oxygen atoms in total. The van der Waals surface area contributed by atoms with Gasteiger partial charge in [-0.2, -0.15) is 5.10 Å². The summed E-state index contributed by atoms with van der Waals surface area (Å²) in [7, 11) is 1.53. The minimum Gasteiger partial charge on any atom is -0.480 e. The van der Waals surface area contributed by atoms with Crippen molar-refractivity contribution in [1.29, 1.82) is 0 Å². The van der Waals surface area contributed by atoms with Crippen LogP contribution in [0.5, 0.6) is 0 Å². The molecule has 0 atom stereocenters. The van der Waals surface area contributed by atoms with Gasteiger partial charge in [-0.1, -0.05) is 32.0 Å². The zero-order valence-electron chi connectivity index (χ0n) is 14.0. The molecule has 0 saturated heterocycles. The molecule has 0 radical (unpaired) electrons. The van der Waals surface area contributed by atoms with Crippen LogP contribution in [0, 0.1) is 5.92 Å². The number of hydrogen-bond donors (Lipinski definition) is 1. The van der Waals surface area contributed by atoms with Crippen LogP contribution >= 0.6 is 0 Å². The third-order valence-corrected chi connectivity index (χ3v) is 3.62. The number of carbonyl (C=O) groups excluding carboxylic acids is 1. The lowest BCUT2D eigenvalue weighted by Gasteiger charge is -2.23. The molecule has 1 heterocycles. The largest absolute Gasteiger partial charge is 0.480 e. The summed E-state index contributed by atoms with van der Waals surface area (Å²) in [6.07, 6.45) is -0.0470. The van der Waals surface area contributed by atoms with Crippen LogP contribution in [0.2, 0.25) is 0 Å². The highest BCUT2D eigenvalue weighted by Gasteiger charge is 2.20. The van der Waals surface area contributed by atoms with Crippen LogP contribution in [0.1, 0.15) is 19.5 Å². The number of amides is 1. The average molecular weight is 331 g/mol. The topological polar surface area (TPSA) is 92.5 Å². The first-order valence-corrected chi connectivity index (χ1v) is 7.74. The summed E-state index contributed by atoms with van der Waals surface area (Å²) in [5, 5.41) is 14.3. The monoisotopic (exact) mass is 331 g/mol. The fourth-order valence-electron chi connectivity index (χ4n) is 2.62. The molecule has 0 unspecified atom stereocenters. The van der Waals surface area contributed by atoms with E-state index in [0.29, 0.717) is 23.0 Å². The molecule has 2 aromatic rings. The Kier molecular flexibility index (Phi) is 5.33. The molecule has 0 aliphatic carbocycles. The minimum absolute atomic E-state index is 0.0470. The lowest BCUT2D eigenvalue weighted by Crippen LogP contribution is -2.39. The number of benzene rings is 1. The van der Waals surface area contributed by atoms with Gasteiger partial charge in [0.1, 0.15) is 6.54 Å². The van der Waals surface area contributed by atoms with Crippen molar-refractivity contribution in [3.8, 4) is 0 Å². The van der Waals surface area contributed by atoms with Crippen molar-refractivity contribution in [2.75, 3.05) is 13.1 Å². The zero-order chi connectivity index (χ0) is 17.9. The Morgan fingerprint density at radius 1 is 1.25 bits per heavy atom. The highest BCUT2D eigenvalue weighted by molar-refractivity contribution is 5.89. The van der Waals surface area contributed by atoms with Crippen molar-refractivity contribution in [3.63, 3.8) is 0 Å². The van der Waals surface area contributed by atoms with Gasteiger partial charge >= 0.3 is 5.97 Å². The van der Waals surface area contributed by atoms with E-state index in [1.165, 1.54) is 16.6 Å². The van der Waals surface area contributed by atoms with Crippen molar-refractivity contribution < 1.29 is 14.7 Å². The molecule has 0 fully saturated rings. The van der Waals surface area contributed by atoms with Crippen molar-refractivity contribution >= 4 is 22.6 Å². The van der Waals surface area contributed by atoms with Gasteiger partial charge in [-0.25, -0.2) is 4.68 Å². The molecule has 0 aliphatic heterocycles. The highest BCUT2D eigenvalue weighted by atomic mass is 16.4. The number of rotatable bonds is 6. The molecule has 0 aliphatic rings. The SMILES string of the molecule is CC(C)CN(CC(=O)O)C(=O)Cc1nn(C)c(=O)c2ccccc12. The van der Waals surface area contributed by atoms with Crippen LogP contribution in [0.15, 0.2) is 29.1 Å². The molecule has 7 heteroatoms. The molecule has 1 aromatic carbocycles. The first-order valence-electron chi connectivity index (χ1n) is 7.74. The standard InChI is InChI=1S/C17H21N3O4/c1-11(2)9-20(10-16(22)23)15(21)8-14-12-6-4-5-7-13(12)17(24)19(3)18-14/h4-7,11H,8-10H2,1-3H3,(H,22,23). The average Bonchev–Trinajstić information content (AvgIpc) is 2.50. The summed E-state index contributed by atoms with van der Waals surface area (Å²) in [6.45, 7) is 3.85. The number of fused-ring (bicyclic) bond motifs is 1. The smallest absolute Gasteiger partial charge is 0.323 e. The van der Waals surface area contributed by atoms with E-state index < -0.39 is 5.97 Å². The van der Waals surface area contributed by atoms with Gasteiger partial charge in [0, 0.05) is 19.0 Å². The van der Waals surface area contributed by atoms with Crippen molar-refractivity contribution in [2.24, 2.45) is 13.0 Å². The fourth-order valence-corrected chi connectivity index (χ4v) is 2.62. The van der Waals surface area contributed by atoms with Crippen LogP contribution in [-0.4, -0.2) is 44.8 Å². The summed E-state index contributed by atoms with van der Waals surface area (Å²) < 4.78 is 1.20. The fraction of sp³-hybridized carbons (Fsp3) is 0.412. The van der Waals surface area contributed by atoms with Crippen LogP contribution in [0.4, 0.5) is 0 Å². The summed E-state index contributed by atoms with van der Waals surface area (Å²) in [5.74, 6) is -1.22. The van der Waals surface area contributed by atoms with Gasteiger partial charge in [0.2, 0.25) is 5.91 Å². The number of aryl methyl sites for hydroxylation is 1. The molecular weight excluding hydrogens is 310 g/mol.